The summed E-state index contributed by atoms with van der Waals surface area (Å²) in [5.41, 5.74) is 0. The van der Waals surface area contributed by atoms with Gasteiger partial charge < -0.3 is 34.3 Å². The van der Waals surface area contributed by atoms with Crippen LogP contribution < -0.4 is 0 Å². The minimum atomic E-state index is -4.62. The maximum absolute atomic E-state index is 12.9. The molecule has 0 aromatic carbocycles. The van der Waals surface area contributed by atoms with Gasteiger partial charge in [0.2, 0.25) is 0 Å². The number of carbonyl (C=O) groups excluding carboxylic acids is 2. The molecular weight excluding hydrogens is 861 g/mol. The number of unbranched alkanes of at least 4 members (excludes halogenated alkanes) is 15. The Bertz CT molecular complexity index is 1530. The molecule has 1 fully saturated rings. The van der Waals surface area contributed by atoms with E-state index in [9.17, 15) is 37.9 Å². The number of hydrogen-bond donors (Lipinski definition) is 4. The molecule has 13 heteroatoms. The highest BCUT2D eigenvalue weighted by atomic mass is 32.2. The monoisotopic (exact) mass is 949 g/mol. The van der Waals surface area contributed by atoms with Gasteiger partial charge in [0.05, 0.1) is 6.61 Å². The number of ether oxygens (including phenoxy) is 4. The van der Waals surface area contributed by atoms with Crippen molar-refractivity contribution in [1.29, 1.82) is 0 Å². The highest BCUT2D eigenvalue weighted by Gasteiger charge is 2.46. The van der Waals surface area contributed by atoms with Crippen molar-refractivity contribution in [3.63, 3.8) is 0 Å². The summed E-state index contributed by atoms with van der Waals surface area (Å²) in [7, 11) is -4.62. The molecule has 1 rings (SSSR count). The Morgan fingerprint density at radius 2 is 0.985 bits per heavy atom. The van der Waals surface area contributed by atoms with Crippen LogP contribution in [0.15, 0.2) is 85.1 Å². The summed E-state index contributed by atoms with van der Waals surface area (Å²) in [5, 5.41) is 31.0. The van der Waals surface area contributed by atoms with Gasteiger partial charge in [0.25, 0.3) is 10.1 Å². The summed E-state index contributed by atoms with van der Waals surface area (Å²) in [4.78, 5) is 25.5. The largest absolute Gasteiger partial charge is 0.462 e. The minimum Gasteiger partial charge on any atom is -0.462 e. The van der Waals surface area contributed by atoms with E-state index in [0.717, 1.165) is 70.6 Å². The third-order valence-electron chi connectivity index (χ3n) is 11.0. The first-order valence-electron chi connectivity index (χ1n) is 25.1. The fourth-order valence-electron chi connectivity index (χ4n) is 7.11. The number of esters is 2. The Morgan fingerprint density at radius 3 is 1.48 bits per heavy atom. The summed E-state index contributed by atoms with van der Waals surface area (Å²) >= 11 is 0. The second-order valence-corrected chi connectivity index (χ2v) is 18.6. The number of aliphatic hydroxyl groups is 3. The molecule has 66 heavy (non-hydrogen) atoms. The molecule has 0 bridgehead atoms. The van der Waals surface area contributed by atoms with Crippen LogP contribution in [0.3, 0.4) is 0 Å². The van der Waals surface area contributed by atoms with Crippen LogP contribution in [0.2, 0.25) is 0 Å². The van der Waals surface area contributed by atoms with Crippen LogP contribution in [0.4, 0.5) is 0 Å². The molecule has 1 aliphatic heterocycles. The number of allylic oxidation sites excluding steroid dienone is 14. The van der Waals surface area contributed by atoms with Gasteiger partial charge in [0, 0.05) is 12.8 Å². The second-order valence-electron chi connectivity index (χ2n) is 17.1. The Hall–Kier alpha value is -3.17. The van der Waals surface area contributed by atoms with Crippen molar-refractivity contribution >= 4 is 22.1 Å². The molecule has 6 atom stereocenters. The number of rotatable bonds is 41. The van der Waals surface area contributed by atoms with Crippen molar-refractivity contribution in [2.75, 3.05) is 19.0 Å². The van der Waals surface area contributed by atoms with Gasteiger partial charge >= 0.3 is 11.9 Å². The van der Waals surface area contributed by atoms with E-state index in [1.165, 1.54) is 70.6 Å². The van der Waals surface area contributed by atoms with Crippen molar-refractivity contribution in [2.24, 2.45) is 0 Å². The first-order valence-corrected chi connectivity index (χ1v) is 26.8. The number of hydrogen-bond acceptors (Lipinski definition) is 11. The molecule has 0 aromatic rings. The van der Waals surface area contributed by atoms with E-state index >= 15 is 0 Å². The number of carbonyl (C=O) groups is 2. The van der Waals surface area contributed by atoms with Crippen LogP contribution in [0.1, 0.15) is 181 Å². The van der Waals surface area contributed by atoms with E-state index in [-0.39, 0.29) is 19.4 Å². The van der Waals surface area contributed by atoms with Crippen LogP contribution >= 0.6 is 0 Å². The lowest BCUT2D eigenvalue weighted by Crippen LogP contribution is -2.60. The van der Waals surface area contributed by atoms with E-state index in [1.807, 2.05) is 12.2 Å². The van der Waals surface area contributed by atoms with Gasteiger partial charge in [-0.2, -0.15) is 8.42 Å². The third kappa shape index (κ3) is 35.9. The molecular formula is C53H88O12S. The highest BCUT2D eigenvalue weighted by Crippen LogP contribution is 2.24. The molecule has 4 N–H and O–H groups in total. The standard InChI is InChI=1S/C53H88O12S/c1-3-5-7-9-11-13-15-17-19-21-23-25-27-29-31-33-35-37-39-41-48(54)62-43-46(44-63-53-52(58)51(57)50(56)47(65-53)45-66(59,60)61)64-49(55)42-40-38-36-34-32-30-28-26-24-22-20-18-16-14-12-10-8-6-4-2/h5,7,11,13,17-20,23,25,29,31,35,37,46-47,50-53,56-58H,3-4,6,8-10,12,14-16,21-22,24,26-28,30,32-34,36,38-45H2,1-2H3,(H,59,60,61)/b7-5+,13-11+,19-17+,20-18+,25-23+,31-29+,37-35+/t46-,47-,50-,51?,52?,53+/m1/s1. The quantitative estimate of drug-likeness (QED) is 0.0197. The zero-order valence-corrected chi connectivity index (χ0v) is 41.3. The van der Waals surface area contributed by atoms with Crippen molar-refractivity contribution in [3.05, 3.63) is 85.1 Å². The molecule has 12 nitrogen and oxygen atoms in total. The maximum atomic E-state index is 12.9. The van der Waals surface area contributed by atoms with Gasteiger partial charge in [0.1, 0.15) is 36.8 Å². The Labute approximate surface area is 399 Å². The molecule has 2 unspecified atom stereocenters. The van der Waals surface area contributed by atoms with E-state index in [0.29, 0.717) is 12.8 Å². The molecule has 1 saturated heterocycles. The average molecular weight is 949 g/mol. The smallest absolute Gasteiger partial charge is 0.306 e. The summed E-state index contributed by atoms with van der Waals surface area (Å²) < 4.78 is 54.1. The van der Waals surface area contributed by atoms with Gasteiger partial charge in [-0.3, -0.25) is 14.1 Å². The SMILES string of the molecule is CC/C=C/C/C=C/C/C=C/C/C=C/C/C=C/C/C=C/CCC(=O)OC[C@H](CO[C@H]1O[C@H](CS(=O)(=O)O)[C@@H](O)C(O)C1O)OC(=O)CCCCCCCCCCC/C=C/CCCCCCCC. The zero-order valence-electron chi connectivity index (χ0n) is 40.5. The van der Waals surface area contributed by atoms with E-state index in [2.05, 4.69) is 86.8 Å². The van der Waals surface area contributed by atoms with E-state index < -0.39 is 71.2 Å². The van der Waals surface area contributed by atoms with Crippen LogP contribution in [0.25, 0.3) is 0 Å². The Morgan fingerprint density at radius 1 is 0.530 bits per heavy atom. The molecule has 0 amide bonds. The summed E-state index contributed by atoms with van der Waals surface area (Å²) in [5.74, 6) is -2.10. The van der Waals surface area contributed by atoms with E-state index in [1.54, 1.807) is 0 Å². The Kier molecular flexibility index (Phi) is 38.7. The van der Waals surface area contributed by atoms with Crippen LogP contribution in [0.5, 0.6) is 0 Å². The minimum absolute atomic E-state index is 0.0895. The summed E-state index contributed by atoms with van der Waals surface area (Å²) in [6.07, 6.45) is 46.3. The van der Waals surface area contributed by atoms with Crippen molar-refractivity contribution in [2.45, 2.75) is 218 Å². The molecule has 0 spiro atoms. The molecule has 0 radical (unpaired) electrons. The summed E-state index contributed by atoms with van der Waals surface area (Å²) in [6, 6.07) is 0. The van der Waals surface area contributed by atoms with E-state index in [4.69, 9.17) is 18.9 Å². The number of aliphatic hydroxyl groups excluding tert-OH is 3. The topological polar surface area (TPSA) is 186 Å². The van der Waals surface area contributed by atoms with Crippen LogP contribution in [-0.2, 0) is 38.7 Å². The lowest BCUT2D eigenvalue weighted by Gasteiger charge is -2.40. The Balaban J connectivity index is 2.45. The first-order chi connectivity index (χ1) is 32.0. The van der Waals surface area contributed by atoms with Gasteiger partial charge in [-0.1, -0.05) is 176 Å². The fraction of sp³-hybridized carbons (Fsp3) is 0.698. The normalized spacial score (nSPS) is 20.1. The van der Waals surface area contributed by atoms with Crippen molar-refractivity contribution in [1.82, 2.24) is 0 Å². The second kappa shape index (κ2) is 42.0. The lowest BCUT2D eigenvalue weighted by atomic mass is 10.00. The van der Waals surface area contributed by atoms with Gasteiger partial charge in [-0.25, -0.2) is 0 Å². The molecule has 0 aromatic heterocycles. The predicted octanol–water partition coefficient (Wildman–Crippen LogP) is 11.2. The maximum Gasteiger partial charge on any atom is 0.306 e. The summed E-state index contributed by atoms with van der Waals surface area (Å²) in [6.45, 7) is 3.58. The van der Waals surface area contributed by atoms with Gasteiger partial charge in [-0.05, 0) is 77.0 Å². The molecule has 1 aliphatic rings. The highest BCUT2D eigenvalue weighted by molar-refractivity contribution is 7.85. The van der Waals surface area contributed by atoms with Crippen molar-refractivity contribution < 1.29 is 56.8 Å². The average Bonchev–Trinajstić information content (AvgIpc) is 3.28. The van der Waals surface area contributed by atoms with Crippen molar-refractivity contribution in [3.8, 4) is 0 Å². The zero-order chi connectivity index (χ0) is 48.4. The molecule has 0 saturated carbocycles. The molecule has 378 valence electrons. The lowest BCUT2D eigenvalue weighted by molar-refractivity contribution is -0.297. The van der Waals surface area contributed by atoms with Gasteiger partial charge in [-0.15, -0.1) is 0 Å². The third-order valence-corrected chi connectivity index (χ3v) is 11.7. The van der Waals surface area contributed by atoms with Crippen LogP contribution in [0, 0.1) is 0 Å². The first kappa shape index (κ1) is 60.8. The van der Waals surface area contributed by atoms with Crippen LogP contribution in [-0.4, -0.2) is 96.0 Å². The molecule has 1 heterocycles. The van der Waals surface area contributed by atoms with Gasteiger partial charge in [0.15, 0.2) is 12.4 Å². The predicted molar refractivity (Wildman–Crippen MR) is 265 cm³/mol. The fourth-order valence-corrected chi connectivity index (χ4v) is 7.80. The molecule has 0 aliphatic carbocycles.